The number of nitrogens with one attached hydrogen (secondary N) is 1. The smallest absolute Gasteiger partial charge is 0.249 e. The number of carbonyl (C=O) groups is 2. The standard InChI is InChI=1S/C17H20N4O2S/c1-2-7-14(22)21-11-6-10-13(21)15(23)18-17-20-19-16(24-17)12-8-4-3-5-9-12/h3-5,8-9,13H,2,6-7,10-11H2,1H3,(H,18,20,23). The Morgan fingerprint density at radius 2 is 2.08 bits per heavy atom. The van der Waals surface area contributed by atoms with Gasteiger partial charge in [0, 0.05) is 18.5 Å². The normalized spacial score (nSPS) is 17.0. The van der Waals surface area contributed by atoms with Gasteiger partial charge in [0.15, 0.2) is 0 Å². The molecule has 1 unspecified atom stereocenters. The van der Waals surface area contributed by atoms with Gasteiger partial charge in [0.2, 0.25) is 16.9 Å². The third-order valence-electron chi connectivity index (χ3n) is 4.02. The van der Waals surface area contributed by atoms with Crippen molar-refractivity contribution in [3.63, 3.8) is 0 Å². The minimum Gasteiger partial charge on any atom is -0.331 e. The molecule has 1 aliphatic rings. The van der Waals surface area contributed by atoms with Crippen molar-refractivity contribution in [2.24, 2.45) is 0 Å². The molecule has 0 radical (unpaired) electrons. The van der Waals surface area contributed by atoms with E-state index in [-0.39, 0.29) is 11.8 Å². The number of nitrogens with zero attached hydrogens (tertiary/aromatic N) is 3. The molecular formula is C17H20N4O2S. The summed E-state index contributed by atoms with van der Waals surface area (Å²) in [5, 5.41) is 12.2. The molecule has 1 atom stereocenters. The maximum Gasteiger partial charge on any atom is 0.249 e. The van der Waals surface area contributed by atoms with E-state index in [1.807, 2.05) is 37.3 Å². The molecular weight excluding hydrogens is 324 g/mol. The summed E-state index contributed by atoms with van der Waals surface area (Å²) < 4.78 is 0. The molecule has 1 aliphatic heterocycles. The Morgan fingerprint density at radius 3 is 2.83 bits per heavy atom. The zero-order chi connectivity index (χ0) is 16.9. The summed E-state index contributed by atoms with van der Waals surface area (Å²) in [5.41, 5.74) is 0.969. The molecule has 24 heavy (non-hydrogen) atoms. The molecule has 1 aromatic carbocycles. The second-order valence-electron chi connectivity index (χ2n) is 5.76. The van der Waals surface area contributed by atoms with Crippen molar-refractivity contribution in [3.8, 4) is 10.6 Å². The van der Waals surface area contributed by atoms with Gasteiger partial charge >= 0.3 is 0 Å². The highest BCUT2D eigenvalue weighted by Gasteiger charge is 2.33. The molecule has 3 rings (SSSR count). The second-order valence-corrected chi connectivity index (χ2v) is 6.74. The molecule has 2 heterocycles. The zero-order valence-electron chi connectivity index (χ0n) is 13.6. The fourth-order valence-corrected chi connectivity index (χ4v) is 3.61. The summed E-state index contributed by atoms with van der Waals surface area (Å²) >= 11 is 1.34. The second kappa shape index (κ2) is 7.53. The van der Waals surface area contributed by atoms with Crippen LogP contribution in [-0.4, -0.2) is 39.5 Å². The number of hydrogen-bond acceptors (Lipinski definition) is 5. The summed E-state index contributed by atoms with van der Waals surface area (Å²) in [4.78, 5) is 26.3. The fourth-order valence-electron chi connectivity index (χ4n) is 2.86. The van der Waals surface area contributed by atoms with E-state index in [1.165, 1.54) is 11.3 Å². The van der Waals surface area contributed by atoms with Gasteiger partial charge in [-0.15, -0.1) is 10.2 Å². The Bertz CT molecular complexity index is 716. The molecule has 0 bridgehead atoms. The minimum atomic E-state index is -0.395. The molecule has 2 amide bonds. The van der Waals surface area contributed by atoms with Crippen LogP contribution in [-0.2, 0) is 9.59 Å². The van der Waals surface area contributed by atoms with Crippen LogP contribution in [0.5, 0.6) is 0 Å². The Balaban J connectivity index is 1.67. The lowest BCUT2D eigenvalue weighted by Gasteiger charge is -2.23. The van der Waals surface area contributed by atoms with Crippen LogP contribution in [0.25, 0.3) is 10.6 Å². The van der Waals surface area contributed by atoms with Crippen LogP contribution in [0.2, 0.25) is 0 Å². The molecule has 1 fully saturated rings. The number of likely N-dealkylation sites (tertiary alicyclic amines) is 1. The number of rotatable bonds is 5. The third-order valence-corrected chi connectivity index (χ3v) is 4.90. The number of hydrogen-bond donors (Lipinski definition) is 1. The molecule has 1 aromatic heterocycles. The van der Waals surface area contributed by atoms with Crippen molar-refractivity contribution in [2.75, 3.05) is 11.9 Å². The average Bonchev–Trinajstić information content (AvgIpc) is 3.25. The van der Waals surface area contributed by atoms with Gasteiger partial charge in [-0.3, -0.25) is 14.9 Å². The maximum atomic E-state index is 12.5. The largest absolute Gasteiger partial charge is 0.331 e. The lowest BCUT2D eigenvalue weighted by atomic mass is 10.2. The molecule has 126 valence electrons. The SMILES string of the molecule is CCCC(=O)N1CCCC1C(=O)Nc1nnc(-c2ccccc2)s1. The van der Waals surface area contributed by atoms with Crippen LogP contribution < -0.4 is 5.32 Å². The van der Waals surface area contributed by atoms with Gasteiger partial charge in [0.05, 0.1) is 0 Å². The van der Waals surface area contributed by atoms with Gasteiger partial charge in [0.1, 0.15) is 11.0 Å². The van der Waals surface area contributed by atoms with E-state index in [4.69, 9.17) is 0 Å². The van der Waals surface area contributed by atoms with E-state index in [1.54, 1.807) is 4.90 Å². The molecule has 1 saturated heterocycles. The maximum absolute atomic E-state index is 12.5. The summed E-state index contributed by atoms with van der Waals surface area (Å²) in [6, 6.07) is 9.32. The summed E-state index contributed by atoms with van der Waals surface area (Å²) in [6.07, 6.45) is 2.84. The predicted molar refractivity (Wildman–Crippen MR) is 93.6 cm³/mol. The van der Waals surface area contributed by atoms with E-state index in [0.717, 1.165) is 23.4 Å². The highest BCUT2D eigenvalue weighted by atomic mass is 32.1. The van der Waals surface area contributed by atoms with E-state index < -0.39 is 6.04 Å². The van der Waals surface area contributed by atoms with Gasteiger partial charge in [-0.2, -0.15) is 0 Å². The van der Waals surface area contributed by atoms with Crippen LogP contribution in [0.4, 0.5) is 5.13 Å². The molecule has 0 saturated carbocycles. The van der Waals surface area contributed by atoms with E-state index in [2.05, 4.69) is 15.5 Å². The zero-order valence-corrected chi connectivity index (χ0v) is 14.4. The Morgan fingerprint density at radius 1 is 1.29 bits per heavy atom. The van der Waals surface area contributed by atoms with Gasteiger partial charge in [0.25, 0.3) is 0 Å². The molecule has 2 aromatic rings. The first-order valence-electron chi connectivity index (χ1n) is 8.18. The quantitative estimate of drug-likeness (QED) is 0.905. The van der Waals surface area contributed by atoms with Crippen molar-refractivity contribution in [2.45, 2.75) is 38.6 Å². The number of carbonyl (C=O) groups excluding carboxylic acids is 2. The summed E-state index contributed by atoms with van der Waals surface area (Å²) in [7, 11) is 0. The van der Waals surface area contributed by atoms with Gasteiger partial charge in [-0.25, -0.2) is 0 Å². The minimum absolute atomic E-state index is 0.0531. The molecule has 6 nitrogen and oxygen atoms in total. The number of amides is 2. The molecule has 1 N–H and O–H groups in total. The summed E-state index contributed by atoms with van der Waals surface area (Å²) in [5.74, 6) is -0.120. The van der Waals surface area contributed by atoms with Crippen molar-refractivity contribution in [1.82, 2.24) is 15.1 Å². The van der Waals surface area contributed by atoms with Gasteiger partial charge in [-0.1, -0.05) is 48.6 Å². The van der Waals surface area contributed by atoms with Crippen LogP contribution in [0.15, 0.2) is 30.3 Å². The number of benzene rings is 1. The molecule has 7 heteroatoms. The van der Waals surface area contributed by atoms with Crippen LogP contribution in [0.1, 0.15) is 32.6 Å². The Hall–Kier alpha value is -2.28. The van der Waals surface area contributed by atoms with Gasteiger partial charge in [-0.05, 0) is 19.3 Å². The van der Waals surface area contributed by atoms with Crippen molar-refractivity contribution in [3.05, 3.63) is 30.3 Å². The molecule has 0 aliphatic carbocycles. The van der Waals surface area contributed by atoms with Crippen LogP contribution in [0, 0.1) is 0 Å². The van der Waals surface area contributed by atoms with E-state index >= 15 is 0 Å². The number of aromatic nitrogens is 2. The first-order valence-corrected chi connectivity index (χ1v) is 9.00. The lowest BCUT2D eigenvalue weighted by molar-refractivity contribution is -0.136. The highest BCUT2D eigenvalue weighted by molar-refractivity contribution is 7.18. The van der Waals surface area contributed by atoms with E-state index in [0.29, 0.717) is 24.5 Å². The monoisotopic (exact) mass is 344 g/mol. The molecule has 0 spiro atoms. The fraction of sp³-hybridized carbons (Fsp3) is 0.412. The third kappa shape index (κ3) is 3.62. The average molecular weight is 344 g/mol. The lowest BCUT2D eigenvalue weighted by Crippen LogP contribution is -2.43. The summed E-state index contributed by atoms with van der Waals surface area (Å²) in [6.45, 7) is 2.62. The van der Waals surface area contributed by atoms with Crippen LogP contribution >= 0.6 is 11.3 Å². The number of anilines is 1. The topological polar surface area (TPSA) is 75.2 Å². The Kier molecular flexibility index (Phi) is 5.20. The van der Waals surface area contributed by atoms with Crippen molar-refractivity contribution in [1.29, 1.82) is 0 Å². The van der Waals surface area contributed by atoms with Gasteiger partial charge < -0.3 is 4.90 Å². The predicted octanol–water partition coefficient (Wildman–Crippen LogP) is 2.93. The first-order chi connectivity index (χ1) is 11.7. The van der Waals surface area contributed by atoms with E-state index in [9.17, 15) is 9.59 Å². The van der Waals surface area contributed by atoms with Crippen LogP contribution in [0.3, 0.4) is 0 Å². The first kappa shape index (κ1) is 16.6. The van der Waals surface area contributed by atoms with Crippen molar-refractivity contribution < 1.29 is 9.59 Å². The Labute approximate surface area is 144 Å². The van der Waals surface area contributed by atoms with Crippen molar-refractivity contribution >= 4 is 28.3 Å². The highest BCUT2D eigenvalue weighted by Crippen LogP contribution is 2.27.